The molecule has 0 aliphatic heterocycles. The lowest BCUT2D eigenvalue weighted by Gasteiger charge is -2.10. The van der Waals surface area contributed by atoms with Crippen molar-refractivity contribution in [3.63, 3.8) is 0 Å². The van der Waals surface area contributed by atoms with E-state index in [1.54, 1.807) is 6.92 Å². The van der Waals surface area contributed by atoms with Crippen LogP contribution in [0.25, 0.3) is 0 Å². The Balaban J connectivity index is 2.10. The second-order valence-corrected chi connectivity index (χ2v) is 7.37. The van der Waals surface area contributed by atoms with Crippen LogP contribution in [-0.2, 0) is 14.8 Å². The summed E-state index contributed by atoms with van der Waals surface area (Å²) in [5.41, 5.74) is 1.04. The first kappa shape index (κ1) is 20.4. The van der Waals surface area contributed by atoms with Crippen LogP contribution in [0.1, 0.15) is 41.0 Å². The fourth-order valence-electron chi connectivity index (χ4n) is 2.23. The topological polar surface area (TPSA) is 102 Å². The molecule has 27 heavy (non-hydrogen) atoms. The van der Waals surface area contributed by atoms with Crippen LogP contribution in [0.5, 0.6) is 0 Å². The summed E-state index contributed by atoms with van der Waals surface area (Å²) in [6.07, 6.45) is 0.817. The highest BCUT2D eigenvalue weighted by Crippen LogP contribution is 2.17. The van der Waals surface area contributed by atoms with Gasteiger partial charge in [0.2, 0.25) is 0 Å². The van der Waals surface area contributed by atoms with E-state index in [0.29, 0.717) is 23.4 Å². The molecule has 0 unspecified atom stereocenters. The molecule has 2 rings (SSSR count). The quantitative estimate of drug-likeness (QED) is 0.675. The van der Waals surface area contributed by atoms with Gasteiger partial charge in [-0.05, 0) is 61.9 Å². The van der Waals surface area contributed by atoms with E-state index in [-0.39, 0.29) is 17.4 Å². The normalized spacial score (nSPS) is 10.9. The maximum Gasteiger partial charge on any atom is 0.338 e. The van der Waals surface area contributed by atoms with Crippen molar-refractivity contribution in [2.75, 3.05) is 17.9 Å². The minimum atomic E-state index is -3.81. The van der Waals surface area contributed by atoms with Gasteiger partial charge in [0.1, 0.15) is 0 Å². The molecule has 144 valence electrons. The van der Waals surface area contributed by atoms with Crippen molar-refractivity contribution in [1.82, 2.24) is 5.32 Å². The molecular weight excluding hydrogens is 368 g/mol. The van der Waals surface area contributed by atoms with Crippen molar-refractivity contribution < 1.29 is 22.7 Å². The molecule has 0 bridgehead atoms. The van der Waals surface area contributed by atoms with Crippen LogP contribution in [-0.4, -0.2) is 33.4 Å². The highest BCUT2D eigenvalue weighted by atomic mass is 32.2. The zero-order valence-corrected chi connectivity index (χ0v) is 16.0. The Morgan fingerprint density at radius 1 is 0.926 bits per heavy atom. The maximum atomic E-state index is 12.5. The van der Waals surface area contributed by atoms with Crippen molar-refractivity contribution in [2.45, 2.75) is 25.2 Å². The molecule has 0 radical (unpaired) electrons. The van der Waals surface area contributed by atoms with Crippen LogP contribution in [0.15, 0.2) is 53.4 Å². The van der Waals surface area contributed by atoms with E-state index in [0.717, 1.165) is 6.42 Å². The fraction of sp³-hybridized carbons (Fsp3) is 0.263. The SMILES string of the molecule is CCCNC(=O)c1ccc(S(=O)(=O)Nc2ccc(C(=O)OCC)cc2)cc1. The Labute approximate surface area is 158 Å². The number of carbonyl (C=O) groups is 2. The lowest BCUT2D eigenvalue weighted by molar-refractivity contribution is 0.0526. The first-order valence-electron chi connectivity index (χ1n) is 8.55. The molecule has 2 aromatic carbocycles. The number of anilines is 1. The summed E-state index contributed by atoms with van der Waals surface area (Å²) >= 11 is 0. The van der Waals surface area contributed by atoms with E-state index >= 15 is 0 Å². The minimum absolute atomic E-state index is 0.0315. The van der Waals surface area contributed by atoms with Gasteiger partial charge in [0.25, 0.3) is 15.9 Å². The zero-order valence-electron chi connectivity index (χ0n) is 15.2. The smallest absolute Gasteiger partial charge is 0.338 e. The third kappa shape index (κ3) is 5.55. The number of hydrogen-bond donors (Lipinski definition) is 2. The van der Waals surface area contributed by atoms with Crippen LogP contribution in [0.4, 0.5) is 5.69 Å². The van der Waals surface area contributed by atoms with Crippen LogP contribution < -0.4 is 10.0 Å². The molecule has 0 atom stereocenters. The van der Waals surface area contributed by atoms with E-state index in [2.05, 4.69) is 10.0 Å². The van der Waals surface area contributed by atoms with Gasteiger partial charge in [-0.1, -0.05) is 6.92 Å². The number of ether oxygens (including phenoxy) is 1. The predicted octanol–water partition coefficient (Wildman–Crippen LogP) is 2.80. The number of carbonyl (C=O) groups excluding carboxylic acids is 2. The fourth-order valence-corrected chi connectivity index (χ4v) is 3.29. The van der Waals surface area contributed by atoms with Gasteiger partial charge < -0.3 is 10.1 Å². The van der Waals surface area contributed by atoms with E-state index in [1.165, 1.54) is 48.5 Å². The van der Waals surface area contributed by atoms with E-state index < -0.39 is 16.0 Å². The Kier molecular flexibility index (Phi) is 6.95. The van der Waals surface area contributed by atoms with Crippen molar-refractivity contribution >= 4 is 27.6 Å². The Morgan fingerprint density at radius 2 is 1.52 bits per heavy atom. The molecule has 0 aliphatic carbocycles. The highest BCUT2D eigenvalue weighted by molar-refractivity contribution is 7.92. The summed E-state index contributed by atoms with van der Waals surface area (Å²) in [6.45, 7) is 4.47. The number of nitrogens with one attached hydrogen (secondary N) is 2. The molecule has 1 amide bonds. The monoisotopic (exact) mass is 390 g/mol. The molecule has 8 heteroatoms. The second kappa shape index (κ2) is 9.18. The van der Waals surface area contributed by atoms with Gasteiger partial charge in [0, 0.05) is 17.8 Å². The summed E-state index contributed by atoms with van der Waals surface area (Å²) < 4.78 is 32.3. The summed E-state index contributed by atoms with van der Waals surface area (Å²) in [4.78, 5) is 23.5. The predicted molar refractivity (Wildman–Crippen MR) is 102 cm³/mol. The standard InChI is InChI=1S/C19H22N2O5S/c1-3-13-20-18(22)14-7-11-17(12-8-14)27(24,25)21-16-9-5-15(6-10-16)19(23)26-4-2/h5-12,21H,3-4,13H2,1-2H3,(H,20,22). The van der Waals surface area contributed by atoms with Crippen LogP contribution in [0.3, 0.4) is 0 Å². The van der Waals surface area contributed by atoms with Gasteiger partial charge in [-0.25, -0.2) is 13.2 Å². The molecule has 0 fully saturated rings. The molecular formula is C19H22N2O5S. The summed E-state index contributed by atoms with van der Waals surface area (Å²) in [5.74, 6) is -0.716. The van der Waals surface area contributed by atoms with E-state index in [1.807, 2.05) is 6.92 Å². The van der Waals surface area contributed by atoms with E-state index in [9.17, 15) is 18.0 Å². The molecule has 0 aromatic heterocycles. The number of esters is 1. The van der Waals surface area contributed by atoms with Crippen molar-refractivity contribution in [1.29, 1.82) is 0 Å². The van der Waals surface area contributed by atoms with Gasteiger partial charge in [-0.2, -0.15) is 0 Å². The summed E-state index contributed by atoms with van der Waals surface area (Å²) in [7, 11) is -3.81. The number of rotatable bonds is 8. The minimum Gasteiger partial charge on any atom is -0.462 e. The van der Waals surface area contributed by atoms with Gasteiger partial charge in [0.05, 0.1) is 17.1 Å². The van der Waals surface area contributed by atoms with Gasteiger partial charge in [-0.3, -0.25) is 9.52 Å². The van der Waals surface area contributed by atoms with Gasteiger partial charge in [-0.15, -0.1) is 0 Å². The lowest BCUT2D eigenvalue weighted by Crippen LogP contribution is -2.24. The number of sulfonamides is 1. The molecule has 2 aromatic rings. The first-order chi connectivity index (χ1) is 12.9. The van der Waals surface area contributed by atoms with Crippen LogP contribution in [0.2, 0.25) is 0 Å². The Hall–Kier alpha value is -2.87. The first-order valence-corrected chi connectivity index (χ1v) is 10.0. The zero-order chi connectivity index (χ0) is 19.9. The number of benzene rings is 2. The Morgan fingerprint density at radius 3 is 2.07 bits per heavy atom. The highest BCUT2D eigenvalue weighted by Gasteiger charge is 2.16. The average molecular weight is 390 g/mol. The average Bonchev–Trinajstić information content (AvgIpc) is 2.66. The molecule has 0 aliphatic rings. The third-order valence-electron chi connectivity index (χ3n) is 3.61. The summed E-state index contributed by atoms with van der Waals surface area (Å²) in [6, 6.07) is 11.6. The lowest BCUT2D eigenvalue weighted by atomic mass is 10.2. The Bertz CT molecular complexity index is 891. The molecule has 0 spiro atoms. The number of amides is 1. The third-order valence-corrected chi connectivity index (χ3v) is 5.01. The van der Waals surface area contributed by atoms with Crippen molar-refractivity contribution in [2.24, 2.45) is 0 Å². The van der Waals surface area contributed by atoms with Gasteiger partial charge in [0.15, 0.2) is 0 Å². The maximum absolute atomic E-state index is 12.5. The van der Waals surface area contributed by atoms with Crippen LogP contribution in [0, 0.1) is 0 Å². The van der Waals surface area contributed by atoms with Crippen molar-refractivity contribution in [3.8, 4) is 0 Å². The van der Waals surface area contributed by atoms with E-state index in [4.69, 9.17) is 4.74 Å². The largest absolute Gasteiger partial charge is 0.462 e. The molecule has 7 nitrogen and oxygen atoms in total. The van der Waals surface area contributed by atoms with Crippen molar-refractivity contribution in [3.05, 3.63) is 59.7 Å². The van der Waals surface area contributed by atoms with Gasteiger partial charge >= 0.3 is 5.97 Å². The molecule has 0 saturated carbocycles. The molecule has 0 heterocycles. The molecule has 2 N–H and O–H groups in total. The summed E-state index contributed by atoms with van der Waals surface area (Å²) in [5, 5.41) is 2.73. The van der Waals surface area contributed by atoms with Crippen LogP contribution >= 0.6 is 0 Å². The molecule has 0 saturated heterocycles. The number of hydrogen-bond acceptors (Lipinski definition) is 5. The second-order valence-electron chi connectivity index (χ2n) is 5.68.